The first-order valence-electron chi connectivity index (χ1n) is 6.15. The summed E-state index contributed by atoms with van der Waals surface area (Å²) in [6.45, 7) is 6.08. The lowest BCUT2D eigenvalue weighted by molar-refractivity contribution is 0.178. The van der Waals surface area contributed by atoms with Crippen molar-refractivity contribution in [2.45, 2.75) is 26.3 Å². The summed E-state index contributed by atoms with van der Waals surface area (Å²) in [6, 6.07) is 4.95. The second-order valence-electron chi connectivity index (χ2n) is 4.86. The molecule has 1 heterocycles. The summed E-state index contributed by atoms with van der Waals surface area (Å²) in [6.07, 6.45) is 1.15. The Labute approximate surface area is 112 Å². The number of benzene rings is 1. The quantitative estimate of drug-likeness (QED) is 0.924. The minimum Gasteiger partial charge on any atom is -0.381 e. The van der Waals surface area contributed by atoms with E-state index in [0.717, 1.165) is 19.6 Å². The topological polar surface area (TPSA) is 21.3 Å². The van der Waals surface area contributed by atoms with Crippen molar-refractivity contribution >= 4 is 15.9 Å². The van der Waals surface area contributed by atoms with E-state index in [1.807, 2.05) is 7.05 Å². The summed E-state index contributed by atoms with van der Waals surface area (Å²) in [7, 11) is 2.04. The molecule has 0 bridgehead atoms. The Kier molecular flexibility index (Phi) is 4.23. The zero-order valence-electron chi connectivity index (χ0n) is 10.7. The third kappa shape index (κ3) is 2.72. The normalized spacial score (nSPS) is 21.8. The molecule has 17 heavy (non-hydrogen) atoms. The first-order chi connectivity index (χ1) is 8.13. The summed E-state index contributed by atoms with van der Waals surface area (Å²) in [5.74, 6) is 0.597. The lowest BCUT2D eigenvalue weighted by Crippen LogP contribution is -2.25. The largest absolute Gasteiger partial charge is 0.381 e. The highest BCUT2D eigenvalue weighted by molar-refractivity contribution is 9.10. The number of rotatable bonds is 3. The maximum atomic E-state index is 5.50. The molecule has 0 saturated carbocycles. The third-order valence-electron chi connectivity index (χ3n) is 3.57. The highest BCUT2D eigenvalue weighted by atomic mass is 79.9. The van der Waals surface area contributed by atoms with Gasteiger partial charge in [-0.1, -0.05) is 28.1 Å². The van der Waals surface area contributed by atoms with Gasteiger partial charge in [0.05, 0.1) is 6.61 Å². The van der Waals surface area contributed by atoms with Crippen molar-refractivity contribution in [3.05, 3.63) is 33.3 Å². The maximum Gasteiger partial charge on any atom is 0.0513 e. The van der Waals surface area contributed by atoms with Crippen molar-refractivity contribution < 1.29 is 4.74 Å². The van der Waals surface area contributed by atoms with Crippen molar-refractivity contribution in [2.75, 3.05) is 20.3 Å². The van der Waals surface area contributed by atoms with Gasteiger partial charge in [0.2, 0.25) is 0 Å². The monoisotopic (exact) mass is 297 g/mol. The van der Waals surface area contributed by atoms with Crippen molar-refractivity contribution in [2.24, 2.45) is 5.92 Å². The highest BCUT2D eigenvalue weighted by Crippen LogP contribution is 2.32. The SMILES string of the molecule is CNC(c1cc(C)c(Br)c(C)c1)C1CCOC1. The molecule has 1 aliphatic heterocycles. The molecule has 0 aliphatic carbocycles. The number of aryl methyl sites for hydroxylation is 2. The van der Waals surface area contributed by atoms with E-state index >= 15 is 0 Å². The van der Waals surface area contributed by atoms with Crippen LogP contribution < -0.4 is 5.32 Å². The summed E-state index contributed by atoms with van der Waals surface area (Å²) >= 11 is 3.62. The Morgan fingerprint density at radius 1 is 1.35 bits per heavy atom. The van der Waals surface area contributed by atoms with E-state index in [0.29, 0.717) is 12.0 Å². The molecule has 1 fully saturated rings. The lowest BCUT2D eigenvalue weighted by atomic mass is 9.90. The fourth-order valence-electron chi connectivity index (χ4n) is 2.65. The van der Waals surface area contributed by atoms with E-state index in [1.54, 1.807) is 0 Å². The second kappa shape index (κ2) is 5.51. The lowest BCUT2D eigenvalue weighted by Gasteiger charge is -2.23. The van der Waals surface area contributed by atoms with Crippen LogP contribution in [0, 0.1) is 19.8 Å². The Hall–Kier alpha value is -0.380. The Balaban J connectivity index is 2.30. The van der Waals surface area contributed by atoms with Gasteiger partial charge in [0.15, 0.2) is 0 Å². The van der Waals surface area contributed by atoms with Gasteiger partial charge in [-0.25, -0.2) is 0 Å². The van der Waals surface area contributed by atoms with Crippen molar-refractivity contribution in [1.82, 2.24) is 5.32 Å². The van der Waals surface area contributed by atoms with Crippen LogP contribution in [0.1, 0.15) is 29.2 Å². The van der Waals surface area contributed by atoms with Crippen molar-refractivity contribution in [1.29, 1.82) is 0 Å². The second-order valence-corrected chi connectivity index (χ2v) is 5.65. The van der Waals surface area contributed by atoms with E-state index in [9.17, 15) is 0 Å². The summed E-state index contributed by atoms with van der Waals surface area (Å²) in [4.78, 5) is 0. The van der Waals surface area contributed by atoms with Crippen LogP contribution >= 0.6 is 15.9 Å². The highest BCUT2D eigenvalue weighted by Gasteiger charge is 2.26. The molecule has 0 radical (unpaired) electrons. The fraction of sp³-hybridized carbons (Fsp3) is 0.571. The van der Waals surface area contributed by atoms with Gasteiger partial charge in [-0.05, 0) is 44.0 Å². The summed E-state index contributed by atoms with van der Waals surface area (Å²) in [5, 5.41) is 3.44. The zero-order chi connectivity index (χ0) is 12.4. The Morgan fingerprint density at radius 2 is 2.00 bits per heavy atom. The number of nitrogens with one attached hydrogen (secondary N) is 1. The molecule has 2 atom stereocenters. The zero-order valence-corrected chi connectivity index (χ0v) is 12.3. The molecular weight excluding hydrogens is 278 g/mol. The first kappa shape index (κ1) is 13.1. The number of ether oxygens (including phenoxy) is 1. The minimum atomic E-state index is 0.406. The van der Waals surface area contributed by atoms with Crippen LogP contribution in [-0.2, 0) is 4.74 Å². The first-order valence-corrected chi connectivity index (χ1v) is 6.94. The molecular formula is C14H20BrNO. The van der Waals surface area contributed by atoms with Gasteiger partial charge >= 0.3 is 0 Å². The predicted octanol–water partition coefficient (Wildman–Crippen LogP) is 3.36. The number of hydrogen-bond donors (Lipinski definition) is 1. The molecule has 1 N–H and O–H groups in total. The van der Waals surface area contributed by atoms with Crippen LogP contribution in [0.4, 0.5) is 0 Å². The Morgan fingerprint density at radius 3 is 2.47 bits per heavy atom. The van der Waals surface area contributed by atoms with Gasteiger partial charge in [-0.3, -0.25) is 0 Å². The van der Waals surface area contributed by atoms with Crippen LogP contribution in [0.3, 0.4) is 0 Å². The summed E-state index contributed by atoms with van der Waals surface area (Å²) in [5.41, 5.74) is 3.99. The van der Waals surface area contributed by atoms with Crippen LogP contribution in [0.15, 0.2) is 16.6 Å². The van der Waals surface area contributed by atoms with E-state index in [-0.39, 0.29) is 0 Å². The fourth-order valence-corrected chi connectivity index (χ4v) is 2.88. The van der Waals surface area contributed by atoms with Crippen LogP contribution in [-0.4, -0.2) is 20.3 Å². The molecule has 3 heteroatoms. The van der Waals surface area contributed by atoms with E-state index in [1.165, 1.54) is 21.2 Å². The molecule has 0 spiro atoms. The number of halogens is 1. The molecule has 1 saturated heterocycles. The van der Waals surface area contributed by atoms with Crippen molar-refractivity contribution in [3.63, 3.8) is 0 Å². The smallest absolute Gasteiger partial charge is 0.0513 e. The number of hydrogen-bond acceptors (Lipinski definition) is 2. The molecule has 1 aromatic carbocycles. The third-order valence-corrected chi connectivity index (χ3v) is 4.82. The van der Waals surface area contributed by atoms with Gasteiger partial charge < -0.3 is 10.1 Å². The van der Waals surface area contributed by atoms with Gasteiger partial charge in [0, 0.05) is 23.0 Å². The van der Waals surface area contributed by atoms with Gasteiger partial charge in [-0.15, -0.1) is 0 Å². The predicted molar refractivity (Wildman–Crippen MR) is 74.3 cm³/mol. The maximum absolute atomic E-state index is 5.50. The molecule has 2 rings (SSSR count). The average molecular weight is 298 g/mol. The molecule has 1 aliphatic rings. The Bertz CT molecular complexity index is 376. The van der Waals surface area contributed by atoms with Crippen LogP contribution in [0.25, 0.3) is 0 Å². The molecule has 0 amide bonds. The molecule has 2 nitrogen and oxygen atoms in total. The standard InChI is InChI=1S/C14H20BrNO/c1-9-6-12(7-10(2)13(9)15)14(16-3)11-4-5-17-8-11/h6-7,11,14,16H,4-5,8H2,1-3H3. The van der Waals surface area contributed by atoms with E-state index in [2.05, 4.69) is 47.2 Å². The van der Waals surface area contributed by atoms with Crippen LogP contribution in [0.2, 0.25) is 0 Å². The van der Waals surface area contributed by atoms with Gasteiger partial charge in [-0.2, -0.15) is 0 Å². The molecule has 0 aromatic heterocycles. The van der Waals surface area contributed by atoms with Crippen LogP contribution in [0.5, 0.6) is 0 Å². The summed E-state index contributed by atoms with van der Waals surface area (Å²) < 4.78 is 6.72. The van der Waals surface area contributed by atoms with Crippen molar-refractivity contribution in [3.8, 4) is 0 Å². The van der Waals surface area contributed by atoms with E-state index in [4.69, 9.17) is 4.74 Å². The average Bonchev–Trinajstić information content (AvgIpc) is 2.80. The molecule has 1 aromatic rings. The van der Waals surface area contributed by atoms with E-state index < -0.39 is 0 Å². The molecule has 2 unspecified atom stereocenters. The van der Waals surface area contributed by atoms with Gasteiger partial charge in [0.1, 0.15) is 0 Å². The minimum absolute atomic E-state index is 0.406. The van der Waals surface area contributed by atoms with Gasteiger partial charge in [0.25, 0.3) is 0 Å². The molecule has 94 valence electrons.